The molecule has 1 rings (SSSR count). The molecular formula is C16H26FN. The molecule has 0 saturated heterocycles. The molecule has 0 heterocycles. The number of halogens is 1. The Morgan fingerprint density at radius 1 is 1.06 bits per heavy atom. The lowest BCUT2D eigenvalue weighted by atomic mass is 9.96. The summed E-state index contributed by atoms with van der Waals surface area (Å²) in [4.78, 5) is 0. The van der Waals surface area contributed by atoms with E-state index in [1.54, 1.807) is 0 Å². The fourth-order valence-electron chi connectivity index (χ4n) is 2.21. The molecule has 1 N–H and O–H groups in total. The first-order valence-electron chi connectivity index (χ1n) is 7.08. The van der Waals surface area contributed by atoms with Crippen molar-refractivity contribution in [2.75, 3.05) is 0 Å². The standard InChI is InChI=1S/C16H26FN/c1-5-12(3)11-16(6-2)18-13(4)14-7-9-15(17)10-8-14/h7-10,12-13,16,18H,5-6,11H2,1-4H3. The van der Waals surface area contributed by atoms with E-state index in [1.807, 2.05) is 12.1 Å². The summed E-state index contributed by atoms with van der Waals surface area (Å²) >= 11 is 0. The van der Waals surface area contributed by atoms with Crippen molar-refractivity contribution in [1.82, 2.24) is 5.32 Å². The van der Waals surface area contributed by atoms with E-state index in [-0.39, 0.29) is 11.9 Å². The van der Waals surface area contributed by atoms with Gasteiger partial charge >= 0.3 is 0 Å². The van der Waals surface area contributed by atoms with Crippen LogP contribution >= 0.6 is 0 Å². The fourth-order valence-corrected chi connectivity index (χ4v) is 2.21. The number of benzene rings is 1. The SMILES string of the molecule is CCC(C)CC(CC)NC(C)c1ccc(F)cc1. The zero-order valence-corrected chi connectivity index (χ0v) is 12.0. The molecule has 102 valence electrons. The van der Waals surface area contributed by atoms with E-state index in [4.69, 9.17) is 0 Å². The third-order valence-electron chi connectivity index (χ3n) is 3.73. The topological polar surface area (TPSA) is 12.0 Å². The van der Waals surface area contributed by atoms with Crippen molar-refractivity contribution in [3.8, 4) is 0 Å². The second kappa shape index (κ2) is 7.52. The van der Waals surface area contributed by atoms with Crippen LogP contribution in [0, 0.1) is 11.7 Å². The van der Waals surface area contributed by atoms with E-state index in [2.05, 4.69) is 33.0 Å². The molecule has 0 amide bonds. The van der Waals surface area contributed by atoms with Gasteiger partial charge in [-0.25, -0.2) is 4.39 Å². The van der Waals surface area contributed by atoms with Gasteiger partial charge in [0.1, 0.15) is 5.82 Å². The molecule has 0 fully saturated rings. The number of nitrogens with one attached hydrogen (secondary N) is 1. The van der Waals surface area contributed by atoms with Crippen LogP contribution in [-0.4, -0.2) is 6.04 Å². The summed E-state index contributed by atoms with van der Waals surface area (Å²) in [6.07, 6.45) is 3.57. The summed E-state index contributed by atoms with van der Waals surface area (Å²) in [6, 6.07) is 7.61. The average Bonchev–Trinajstić information content (AvgIpc) is 2.38. The van der Waals surface area contributed by atoms with Gasteiger partial charge in [-0.3, -0.25) is 0 Å². The van der Waals surface area contributed by atoms with Crippen LogP contribution in [0.4, 0.5) is 4.39 Å². The van der Waals surface area contributed by atoms with Crippen LogP contribution < -0.4 is 5.32 Å². The summed E-state index contributed by atoms with van der Waals surface area (Å²) in [6.45, 7) is 8.90. The molecule has 0 radical (unpaired) electrons. The first kappa shape index (κ1) is 15.2. The Labute approximate surface area is 111 Å². The van der Waals surface area contributed by atoms with Gasteiger partial charge in [0.05, 0.1) is 0 Å². The van der Waals surface area contributed by atoms with Crippen LogP contribution in [0.3, 0.4) is 0 Å². The number of hydrogen-bond donors (Lipinski definition) is 1. The van der Waals surface area contributed by atoms with Crippen LogP contribution in [-0.2, 0) is 0 Å². The van der Waals surface area contributed by atoms with Crippen molar-refractivity contribution in [2.24, 2.45) is 5.92 Å². The molecular weight excluding hydrogens is 225 g/mol. The zero-order valence-electron chi connectivity index (χ0n) is 12.0. The maximum atomic E-state index is 12.9. The van der Waals surface area contributed by atoms with Crippen molar-refractivity contribution in [1.29, 1.82) is 0 Å². The molecule has 0 spiro atoms. The molecule has 0 aliphatic heterocycles. The molecule has 3 unspecified atom stereocenters. The summed E-state index contributed by atoms with van der Waals surface area (Å²) in [5.74, 6) is 0.584. The van der Waals surface area contributed by atoms with Gasteiger partial charge in [0.25, 0.3) is 0 Å². The lowest BCUT2D eigenvalue weighted by Crippen LogP contribution is -2.32. The Morgan fingerprint density at radius 3 is 2.17 bits per heavy atom. The van der Waals surface area contributed by atoms with Gasteiger partial charge in [-0.2, -0.15) is 0 Å². The quantitative estimate of drug-likeness (QED) is 0.741. The maximum Gasteiger partial charge on any atom is 0.123 e. The molecule has 0 aromatic heterocycles. The Hall–Kier alpha value is -0.890. The molecule has 0 saturated carbocycles. The Morgan fingerprint density at radius 2 is 1.67 bits per heavy atom. The molecule has 0 aliphatic rings. The van der Waals surface area contributed by atoms with Crippen LogP contribution in [0.2, 0.25) is 0 Å². The van der Waals surface area contributed by atoms with E-state index < -0.39 is 0 Å². The van der Waals surface area contributed by atoms with Crippen molar-refractivity contribution in [3.63, 3.8) is 0 Å². The Kier molecular flexibility index (Phi) is 6.34. The summed E-state index contributed by atoms with van der Waals surface area (Å²) in [5.41, 5.74) is 1.15. The minimum absolute atomic E-state index is 0.169. The monoisotopic (exact) mass is 251 g/mol. The first-order chi connectivity index (χ1) is 8.56. The highest BCUT2D eigenvalue weighted by Gasteiger charge is 2.14. The lowest BCUT2D eigenvalue weighted by molar-refractivity contribution is 0.359. The minimum atomic E-state index is -0.169. The molecule has 0 bridgehead atoms. The largest absolute Gasteiger partial charge is 0.307 e. The van der Waals surface area contributed by atoms with E-state index in [1.165, 1.54) is 25.0 Å². The molecule has 3 atom stereocenters. The highest BCUT2D eigenvalue weighted by molar-refractivity contribution is 5.19. The van der Waals surface area contributed by atoms with E-state index in [0.717, 1.165) is 17.9 Å². The molecule has 1 nitrogen and oxygen atoms in total. The van der Waals surface area contributed by atoms with Crippen molar-refractivity contribution in [3.05, 3.63) is 35.6 Å². The van der Waals surface area contributed by atoms with Crippen LogP contribution in [0.5, 0.6) is 0 Å². The molecule has 1 aromatic rings. The Bertz CT molecular complexity index is 333. The van der Waals surface area contributed by atoms with Gasteiger partial charge in [-0.1, -0.05) is 39.3 Å². The molecule has 2 heteroatoms. The summed E-state index contributed by atoms with van der Waals surface area (Å²) < 4.78 is 12.9. The summed E-state index contributed by atoms with van der Waals surface area (Å²) in [5, 5.41) is 3.65. The predicted molar refractivity (Wildman–Crippen MR) is 76.1 cm³/mol. The fraction of sp³-hybridized carbons (Fsp3) is 0.625. The van der Waals surface area contributed by atoms with Crippen molar-refractivity contribution in [2.45, 2.75) is 59.0 Å². The lowest BCUT2D eigenvalue weighted by Gasteiger charge is -2.25. The van der Waals surface area contributed by atoms with Gasteiger partial charge in [0.2, 0.25) is 0 Å². The number of rotatable bonds is 7. The highest BCUT2D eigenvalue weighted by atomic mass is 19.1. The Balaban J connectivity index is 2.56. The van der Waals surface area contributed by atoms with Crippen molar-refractivity contribution >= 4 is 0 Å². The minimum Gasteiger partial charge on any atom is -0.307 e. The third-order valence-corrected chi connectivity index (χ3v) is 3.73. The second-order valence-electron chi connectivity index (χ2n) is 5.29. The molecule has 0 aliphatic carbocycles. The van der Waals surface area contributed by atoms with Crippen LogP contribution in [0.25, 0.3) is 0 Å². The average molecular weight is 251 g/mol. The smallest absolute Gasteiger partial charge is 0.123 e. The maximum absolute atomic E-state index is 12.9. The molecule has 1 aromatic carbocycles. The highest BCUT2D eigenvalue weighted by Crippen LogP contribution is 2.18. The van der Waals surface area contributed by atoms with Gasteiger partial charge in [-0.05, 0) is 43.4 Å². The van der Waals surface area contributed by atoms with Gasteiger partial charge < -0.3 is 5.32 Å². The van der Waals surface area contributed by atoms with Gasteiger partial charge in [-0.15, -0.1) is 0 Å². The predicted octanol–water partition coefficient (Wildman–Crippen LogP) is 4.69. The first-order valence-corrected chi connectivity index (χ1v) is 7.08. The van der Waals surface area contributed by atoms with Crippen LogP contribution in [0.1, 0.15) is 58.6 Å². The molecule has 18 heavy (non-hydrogen) atoms. The number of hydrogen-bond acceptors (Lipinski definition) is 1. The second-order valence-corrected chi connectivity index (χ2v) is 5.29. The van der Waals surface area contributed by atoms with Crippen LogP contribution in [0.15, 0.2) is 24.3 Å². The summed E-state index contributed by atoms with van der Waals surface area (Å²) in [7, 11) is 0. The van der Waals surface area contributed by atoms with E-state index >= 15 is 0 Å². The van der Waals surface area contributed by atoms with E-state index in [9.17, 15) is 4.39 Å². The van der Waals surface area contributed by atoms with Crippen molar-refractivity contribution < 1.29 is 4.39 Å². The normalized spacial score (nSPS) is 16.3. The van der Waals surface area contributed by atoms with Gasteiger partial charge in [0, 0.05) is 12.1 Å². The zero-order chi connectivity index (χ0) is 13.5. The van der Waals surface area contributed by atoms with Gasteiger partial charge in [0.15, 0.2) is 0 Å². The third kappa shape index (κ3) is 4.77. The van der Waals surface area contributed by atoms with E-state index in [0.29, 0.717) is 6.04 Å².